The zero-order valence-electron chi connectivity index (χ0n) is 13.4. The molecule has 1 rings (SSSR count). The highest BCUT2D eigenvalue weighted by Gasteiger charge is 2.09. The maximum atomic E-state index is 8.75. The quantitative estimate of drug-likeness (QED) is 0.298. The second-order valence-corrected chi connectivity index (χ2v) is 5.77. The Morgan fingerprint density at radius 2 is 2.05 bits per heavy atom. The minimum Gasteiger partial charge on any atom is -0.496 e. The Kier molecular flexibility index (Phi) is 7.02. The summed E-state index contributed by atoms with van der Waals surface area (Å²) in [7, 11) is 1.58. The summed E-state index contributed by atoms with van der Waals surface area (Å²) in [4.78, 5) is 0. The Hall–Kier alpha value is -1.75. The SMILES string of the molecule is COc1cc(CNC(C)CCC(C)C)ccc1/C(N)=N/O. The molecule has 21 heavy (non-hydrogen) atoms. The number of methoxy groups -OCH3 is 1. The molecule has 0 radical (unpaired) electrons. The van der Waals surface area contributed by atoms with Gasteiger partial charge in [0.2, 0.25) is 0 Å². The fourth-order valence-corrected chi connectivity index (χ4v) is 2.09. The van der Waals surface area contributed by atoms with Crippen LogP contribution in [0, 0.1) is 5.92 Å². The molecular weight excluding hydrogens is 266 g/mol. The lowest BCUT2D eigenvalue weighted by molar-refractivity contribution is 0.318. The third-order valence-corrected chi connectivity index (χ3v) is 3.48. The van der Waals surface area contributed by atoms with Gasteiger partial charge in [0.15, 0.2) is 5.84 Å². The molecule has 1 atom stereocenters. The predicted octanol–water partition coefficient (Wildman–Crippen LogP) is 2.70. The molecule has 0 spiro atoms. The second kappa shape index (κ2) is 8.52. The summed E-state index contributed by atoms with van der Waals surface area (Å²) in [5.41, 5.74) is 7.32. The molecule has 1 aromatic carbocycles. The van der Waals surface area contributed by atoms with Gasteiger partial charge in [0, 0.05) is 12.6 Å². The minimum absolute atomic E-state index is 0.0525. The third-order valence-electron chi connectivity index (χ3n) is 3.48. The van der Waals surface area contributed by atoms with E-state index >= 15 is 0 Å². The van der Waals surface area contributed by atoms with Crippen LogP contribution in [-0.4, -0.2) is 24.2 Å². The van der Waals surface area contributed by atoms with Crippen LogP contribution in [0.3, 0.4) is 0 Å². The van der Waals surface area contributed by atoms with Crippen LogP contribution in [0.2, 0.25) is 0 Å². The van der Waals surface area contributed by atoms with E-state index in [0.29, 0.717) is 17.4 Å². The van der Waals surface area contributed by atoms with Crippen LogP contribution in [0.5, 0.6) is 5.75 Å². The smallest absolute Gasteiger partial charge is 0.173 e. The average Bonchev–Trinajstić information content (AvgIpc) is 2.49. The Morgan fingerprint density at radius 1 is 1.33 bits per heavy atom. The van der Waals surface area contributed by atoms with Gasteiger partial charge in [-0.3, -0.25) is 0 Å². The number of ether oxygens (including phenoxy) is 1. The van der Waals surface area contributed by atoms with Gasteiger partial charge in [-0.05, 0) is 43.4 Å². The fourth-order valence-electron chi connectivity index (χ4n) is 2.09. The molecule has 0 aromatic heterocycles. The van der Waals surface area contributed by atoms with E-state index in [2.05, 4.69) is 31.2 Å². The highest BCUT2D eigenvalue weighted by molar-refractivity contribution is 5.99. The Balaban J connectivity index is 2.64. The summed E-state index contributed by atoms with van der Waals surface area (Å²) in [6.45, 7) is 7.45. The molecule has 1 unspecified atom stereocenters. The van der Waals surface area contributed by atoms with E-state index in [9.17, 15) is 0 Å². The number of benzene rings is 1. The highest BCUT2D eigenvalue weighted by Crippen LogP contribution is 2.20. The highest BCUT2D eigenvalue weighted by atomic mass is 16.5. The van der Waals surface area contributed by atoms with Crippen LogP contribution in [-0.2, 0) is 6.54 Å². The van der Waals surface area contributed by atoms with Crippen LogP contribution < -0.4 is 15.8 Å². The van der Waals surface area contributed by atoms with E-state index in [1.165, 1.54) is 6.42 Å². The molecular formula is C16H27N3O2. The third kappa shape index (κ3) is 5.63. The van der Waals surface area contributed by atoms with Crippen molar-refractivity contribution in [3.05, 3.63) is 29.3 Å². The fraction of sp³-hybridized carbons (Fsp3) is 0.562. The number of nitrogens with two attached hydrogens (primary N) is 1. The zero-order chi connectivity index (χ0) is 15.8. The van der Waals surface area contributed by atoms with Crippen molar-refractivity contribution in [1.29, 1.82) is 0 Å². The average molecular weight is 293 g/mol. The van der Waals surface area contributed by atoms with Gasteiger partial charge in [-0.2, -0.15) is 0 Å². The number of hydrogen-bond acceptors (Lipinski definition) is 4. The molecule has 0 fully saturated rings. The first-order chi connectivity index (χ1) is 9.97. The summed E-state index contributed by atoms with van der Waals surface area (Å²) < 4.78 is 5.30. The van der Waals surface area contributed by atoms with Gasteiger partial charge >= 0.3 is 0 Å². The maximum absolute atomic E-state index is 8.75. The molecule has 0 saturated heterocycles. The van der Waals surface area contributed by atoms with E-state index in [0.717, 1.165) is 24.4 Å². The van der Waals surface area contributed by atoms with Crippen molar-refractivity contribution >= 4 is 5.84 Å². The van der Waals surface area contributed by atoms with Crippen LogP contribution in [0.15, 0.2) is 23.4 Å². The largest absolute Gasteiger partial charge is 0.496 e. The van der Waals surface area contributed by atoms with Gasteiger partial charge in [-0.15, -0.1) is 0 Å². The molecule has 0 amide bonds. The van der Waals surface area contributed by atoms with Crippen molar-refractivity contribution in [1.82, 2.24) is 5.32 Å². The summed E-state index contributed by atoms with van der Waals surface area (Å²) in [5.74, 6) is 1.39. The van der Waals surface area contributed by atoms with Gasteiger partial charge in [-0.1, -0.05) is 25.1 Å². The summed E-state index contributed by atoms with van der Waals surface area (Å²) in [5, 5.41) is 15.3. The first-order valence-electron chi connectivity index (χ1n) is 7.36. The van der Waals surface area contributed by atoms with E-state index in [-0.39, 0.29) is 5.84 Å². The predicted molar refractivity (Wildman–Crippen MR) is 85.9 cm³/mol. The number of hydrogen-bond donors (Lipinski definition) is 3. The molecule has 1 aromatic rings. The monoisotopic (exact) mass is 293 g/mol. The Bertz CT molecular complexity index is 473. The van der Waals surface area contributed by atoms with Crippen LogP contribution in [0.1, 0.15) is 44.7 Å². The molecule has 0 aliphatic heterocycles. The van der Waals surface area contributed by atoms with Gasteiger partial charge in [0.25, 0.3) is 0 Å². The molecule has 0 heterocycles. The Morgan fingerprint density at radius 3 is 2.62 bits per heavy atom. The first kappa shape index (κ1) is 17.3. The van der Waals surface area contributed by atoms with Gasteiger partial charge < -0.3 is 21.0 Å². The minimum atomic E-state index is 0.0525. The molecule has 0 saturated carbocycles. The molecule has 118 valence electrons. The molecule has 0 aliphatic carbocycles. The van der Waals surface area contributed by atoms with Crippen molar-refractivity contribution < 1.29 is 9.94 Å². The summed E-state index contributed by atoms with van der Waals surface area (Å²) in [6.07, 6.45) is 2.39. The van der Waals surface area contributed by atoms with E-state index < -0.39 is 0 Å². The Labute approximate surface area is 127 Å². The van der Waals surface area contributed by atoms with E-state index in [4.69, 9.17) is 15.7 Å². The topological polar surface area (TPSA) is 79.9 Å². The normalized spacial score (nSPS) is 13.5. The number of amidine groups is 1. The van der Waals surface area contributed by atoms with Gasteiger partial charge in [0.1, 0.15) is 5.75 Å². The molecule has 5 nitrogen and oxygen atoms in total. The van der Waals surface area contributed by atoms with Crippen molar-refractivity contribution in [3.63, 3.8) is 0 Å². The zero-order valence-corrected chi connectivity index (χ0v) is 13.4. The van der Waals surface area contributed by atoms with Crippen LogP contribution in [0.25, 0.3) is 0 Å². The summed E-state index contributed by atoms with van der Waals surface area (Å²) >= 11 is 0. The number of nitrogens with zero attached hydrogens (tertiary/aromatic N) is 1. The van der Waals surface area contributed by atoms with Crippen molar-refractivity contribution in [2.45, 2.75) is 46.2 Å². The van der Waals surface area contributed by atoms with Gasteiger partial charge in [-0.25, -0.2) is 0 Å². The van der Waals surface area contributed by atoms with E-state index in [1.807, 2.05) is 18.2 Å². The number of nitrogens with one attached hydrogen (secondary N) is 1. The van der Waals surface area contributed by atoms with Gasteiger partial charge in [0.05, 0.1) is 12.7 Å². The molecule has 5 heteroatoms. The maximum Gasteiger partial charge on any atom is 0.173 e. The first-order valence-corrected chi connectivity index (χ1v) is 7.36. The molecule has 4 N–H and O–H groups in total. The lowest BCUT2D eigenvalue weighted by Gasteiger charge is -2.16. The van der Waals surface area contributed by atoms with Crippen molar-refractivity contribution in [2.75, 3.05) is 7.11 Å². The standard InChI is InChI=1S/C16H27N3O2/c1-11(2)5-6-12(3)18-10-13-7-8-14(16(17)19-20)15(9-13)21-4/h7-9,11-12,18,20H,5-6,10H2,1-4H3,(H2,17,19). The second-order valence-electron chi connectivity index (χ2n) is 5.77. The van der Waals surface area contributed by atoms with Crippen LogP contribution >= 0.6 is 0 Å². The molecule has 0 aliphatic rings. The number of oxime groups is 1. The lowest BCUT2D eigenvalue weighted by atomic mass is 10.0. The molecule has 0 bridgehead atoms. The van der Waals surface area contributed by atoms with Crippen molar-refractivity contribution in [3.8, 4) is 5.75 Å². The summed E-state index contributed by atoms with van der Waals surface area (Å²) in [6, 6.07) is 6.15. The van der Waals surface area contributed by atoms with E-state index in [1.54, 1.807) is 7.11 Å². The van der Waals surface area contributed by atoms with Crippen molar-refractivity contribution in [2.24, 2.45) is 16.8 Å². The number of rotatable bonds is 8. The lowest BCUT2D eigenvalue weighted by Crippen LogP contribution is -2.26. The van der Waals surface area contributed by atoms with Crippen LogP contribution in [0.4, 0.5) is 0 Å².